The van der Waals surface area contributed by atoms with Crippen LogP contribution in [0, 0.1) is 5.92 Å². The van der Waals surface area contributed by atoms with Crippen molar-refractivity contribution in [3.63, 3.8) is 0 Å². The SMILES string of the molecule is COCCCNC(=O)C1C=C2C(=O)CCCC2=NC1=O. The number of ether oxygens (including phenoxy) is 1. The minimum absolute atomic E-state index is 0.0281. The van der Waals surface area contributed by atoms with Crippen LogP contribution in [0.4, 0.5) is 0 Å². The monoisotopic (exact) mass is 278 g/mol. The summed E-state index contributed by atoms with van der Waals surface area (Å²) < 4.78 is 4.88. The van der Waals surface area contributed by atoms with Crippen molar-refractivity contribution in [1.82, 2.24) is 5.32 Å². The molecule has 2 aliphatic rings. The van der Waals surface area contributed by atoms with Gasteiger partial charge < -0.3 is 10.1 Å². The smallest absolute Gasteiger partial charge is 0.262 e. The van der Waals surface area contributed by atoms with Crippen molar-refractivity contribution in [1.29, 1.82) is 0 Å². The molecular formula is C14H18N2O4. The maximum atomic E-state index is 12.0. The number of rotatable bonds is 5. The summed E-state index contributed by atoms with van der Waals surface area (Å²) >= 11 is 0. The number of nitrogens with one attached hydrogen (secondary N) is 1. The first kappa shape index (κ1) is 14.6. The Morgan fingerprint density at radius 1 is 1.45 bits per heavy atom. The summed E-state index contributed by atoms with van der Waals surface area (Å²) in [6.45, 7) is 0.977. The maximum Gasteiger partial charge on any atom is 0.262 e. The van der Waals surface area contributed by atoms with Crippen LogP contribution in [0.25, 0.3) is 0 Å². The molecule has 1 aliphatic carbocycles. The molecule has 108 valence electrons. The van der Waals surface area contributed by atoms with Crippen molar-refractivity contribution in [2.75, 3.05) is 20.3 Å². The van der Waals surface area contributed by atoms with E-state index in [0.29, 0.717) is 43.7 Å². The van der Waals surface area contributed by atoms with Crippen LogP contribution in [0.2, 0.25) is 0 Å². The van der Waals surface area contributed by atoms with Gasteiger partial charge in [-0.3, -0.25) is 14.4 Å². The van der Waals surface area contributed by atoms with Gasteiger partial charge in [0.2, 0.25) is 5.91 Å². The van der Waals surface area contributed by atoms with Crippen molar-refractivity contribution < 1.29 is 19.1 Å². The molecule has 0 bridgehead atoms. The zero-order valence-electron chi connectivity index (χ0n) is 11.5. The van der Waals surface area contributed by atoms with Crippen LogP contribution in [-0.4, -0.2) is 43.6 Å². The fourth-order valence-corrected chi connectivity index (χ4v) is 2.32. The van der Waals surface area contributed by atoms with E-state index in [1.807, 2.05) is 0 Å². The highest BCUT2D eigenvalue weighted by Gasteiger charge is 2.33. The molecule has 20 heavy (non-hydrogen) atoms. The van der Waals surface area contributed by atoms with Crippen LogP contribution in [0.5, 0.6) is 0 Å². The van der Waals surface area contributed by atoms with Gasteiger partial charge in [-0.1, -0.05) is 6.08 Å². The van der Waals surface area contributed by atoms with Crippen LogP contribution >= 0.6 is 0 Å². The molecule has 1 N–H and O–H groups in total. The molecule has 6 heteroatoms. The van der Waals surface area contributed by atoms with E-state index < -0.39 is 17.7 Å². The summed E-state index contributed by atoms with van der Waals surface area (Å²) in [5.41, 5.74) is 0.988. The zero-order valence-corrected chi connectivity index (χ0v) is 11.5. The second kappa shape index (κ2) is 6.56. The number of fused-ring (bicyclic) bond motifs is 1. The number of allylic oxidation sites excluding steroid dienone is 1. The predicted octanol–water partition coefficient (Wildman–Crippen LogP) is 0.416. The zero-order chi connectivity index (χ0) is 14.5. The van der Waals surface area contributed by atoms with Gasteiger partial charge in [-0.05, 0) is 19.3 Å². The van der Waals surface area contributed by atoms with E-state index in [9.17, 15) is 14.4 Å². The molecule has 0 spiro atoms. The first-order chi connectivity index (χ1) is 9.63. The predicted molar refractivity (Wildman–Crippen MR) is 72.4 cm³/mol. The number of nitrogens with zero attached hydrogens (tertiary/aromatic N) is 1. The van der Waals surface area contributed by atoms with E-state index in [2.05, 4.69) is 10.3 Å². The van der Waals surface area contributed by atoms with Gasteiger partial charge >= 0.3 is 0 Å². The second-order valence-corrected chi connectivity index (χ2v) is 4.87. The van der Waals surface area contributed by atoms with Crippen molar-refractivity contribution in [2.45, 2.75) is 25.7 Å². The van der Waals surface area contributed by atoms with Crippen LogP contribution in [0.1, 0.15) is 25.7 Å². The number of hydrogen-bond donors (Lipinski definition) is 1. The van der Waals surface area contributed by atoms with Crippen LogP contribution in [-0.2, 0) is 19.1 Å². The summed E-state index contributed by atoms with van der Waals surface area (Å²) in [6.07, 6.45) is 3.95. The lowest BCUT2D eigenvalue weighted by atomic mass is 9.86. The molecule has 0 radical (unpaired) electrons. The molecule has 0 aromatic rings. The van der Waals surface area contributed by atoms with Gasteiger partial charge in [-0.25, -0.2) is 4.99 Å². The van der Waals surface area contributed by atoms with Crippen LogP contribution in [0.3, 0.4) is 0 Å². The molecule has 0 aromatic heterocycles. The Bertz CT molecular complexity index is 493. The highest BCUT2D eigenvalue weighted by atomic mass is 16.5. The van der Waals surface area contributed by atoms with E-state index in [-0.39, 0.29) is 5.78 Å². The fourth-order valence-electron chi connectivity index (χ4n) is 2.32. The van der Waals surface area contributed by atoms with E-state index >= 15 is 0 Å². The van der Waals surface area contributed by atoms with Gasteiger partial charge in [-0.2, -0.15) is 0 Å². The first-order valence-electron chi connectivity index (χ1n) is 6.77. The Kier molecular flexibility index (Phi) is 4.79. The van der Waals surface area contributed by atoms with Crippen molar-refractivity contribution in [2.24, 2.45) is 10.9 Å². The maximum absolute atomic E-state index is 12.0. The molecule has 1 heterocycles. The summed E-state index contributed by atoms with van der Waals surface area (Å²) in [5, 5.41) is 2.66. The summed E-state index contributed by atoms with van der Waals surface area (Å²) in [6, 6.07) is 0. The minimum Gasteiger partial charge on any atom is -0.385 e. The minimum atomic E-state index is -0.974. The number of Topliss-reactive ketones (excluding diaryl/α,β-unsaturated/α-hetero) is 1. The Labute approximate surface area is 117 Å². The highest BCUT2D eigenvalue weighted by Crippen LogP contribution is 2.24. The number of methoxy groups -OCH3 is 1. The lowest BCUT2D eigenvalue weighted by molar-refractivity contribution is -0.131. The molecule has 1 unspecified atom stereocenters. The summed E-state index contributed by atoms with van der Waals surface area (Å²) in [4.78, 5) is 39.5. The average Bonchev–Trinajstić information content (AvgIpc) is 2.43. The van der Waals surface area contributed by atoms with Gasteiger partial charge in [0.05, 0.1) is 5.71 Å². The third kappa shape index (κ3) is 3.19. The highest BCUT2D eigenvalue weighted by molar-refractivity contribution is 6.28. The number of dihydropyridines is 1. The van der Waals surface area contributed by atoms with E-state index in [1.54, 1.807) is 7.11 Å². The van der Waals surface area contributed by atoms with Gasteiger partial charge in [0.25, 0.3) is 5.91 Å². The molecule has 0 aromatic carbocycles. The summed E-state index contributed by atoms with van der Waals surface area (Å²) in [5.74, 6) is -1.89. The number of aliphatic imine (C=N–C) groups is 1. The third-order valence-electron chi connectivity index (χ3n) is 3.38. The Balaban J connectivity index is 2.02. The molecule has 6 nitrogen and oxygen atoms in total. The Morgan fingerprint density at radius 3 is 3.00 bits per heavy atom. The molecule has 1 aliphatic heterocycles. The number of ketones is 1. The lowest BCUT2D eigenvalue weighted by Crippen LogP contribution is -2.38. The molecule has 1 fully saturated rings. The summed E-state index contributed by atoms with van der Waals surface area (Å²) in [7, 11) is 1.59. The Morgan fingerprint density at radius 2 is 2.25 bits per heavy atom. The van der Waals surface area contributed by atoms with Gasteiger partial charge in [0.15, 0.2) is 5.78 Å². The van der Waals surface area contributed by atoms with Crippen molar-refractivity contribution in [3.05, 3.63) is 11.6 Å². The van der Waals surface area contributed by atoms with Gasteiger partial charge in [0.1, 0.15) is 5.92 Å². The number of carbonyl (C=O) groups is 3. The normalized spacial score (nSPS) is 21.9. The quantitative estimate of drug-likeness (QED) is 0.583. The number of carbonyl (C=O) groups excluding carboxylic acids is 3. The molecule has 1 saturated carbocycles. The molecular weight excluding hydrogens is 260 g/mol. The lowest BCUT2D eigenvalue weighted by Gasteiger charge is -2.22. The fraction of sp³-hybridized carbons (Fsp3) is 0.571. The topological polar surface area (TPSA) is 84.8 Å². The number of hydrogen-bond acceptors (Lipinski definition) is 4. The molecule has 1 atom stereocenters. The molecule has 0 saturated heterocycles. The van der Waals surface area contributed by atoms with Crippen molar-refractivity contribution in [3.8, 4) is 0 Å². The van der Waals surface area contributed by atoms with Crippen LogP contribution in [0.15, 0.2) is 16.6 Å². The number of amides is 2. The van der Waals surface area contributed by atoms with Gasteiger partial charge in [-0.15, -0.1) is 0 Å². The largest absolute Gasteiger partial charge is 0.385 e. The standard InChI is InChI=1S/C14H18N2O4/c1-20-7-3-6-15-13(18)10-8-9-11(16-14(10)19)4-2-5-12(9)17/h8,10H,2-7H2,1H3,(H,15,18). The van der Waals surface area contributed by atoms with E-state index in [0.717, 1.165) is 6.42 Å². The van der Waals surface area contributed by atoms with E-state index in [4.69, 9.17) is 4.74 Å². The second-order valence-electron chi connectivity index (χ2n) is 4.87. The van der Waals surface area contributed by atoms with Crippen molar-refractivity contribution >= 4 is 23.3 Å². The third-order valence-corrected chi connectivity index (χ3v) is 3.38. The van der Waals surface area contributed by atoms with Crippen LogP contribution < -0.4 is 5.32 Å². The Hall–Kier alpha value is -1.82. The molecule has 2 amide bonds. The molecule has 2 rings (SSSR count). The average molecular weight is 278 g/mol. The van der Waals surface area contributed by atoms with E-state index in [1.165, 1.54) is 6.08 Å². The van der Waals surface area contributed by atoms with Gasteiger partial charge in [0, 0.05) is 32.3 Å². The first-order valence-corrected chi connectivity index (χ1v) is 6.77.